The molecule has 2 rings (SSSR count). The summed E-state index contributed by atoms with van der Waals surface area (Å²) in [6.45, 7) is 12.7. The Bertz CT molecular complexity index is 938. The zero-order valence-corrected chi connectivity index (χ0v) is 19.3. The monoisotopic (exact) mass is 461 g/mol. The smallest absolute Gasteiger partial charge is 0.207 e. The van der Waals surface area contributed by atoms with E-state index < -0.39 is 10.0 Å². The summed E-state index contributed by atoms with van der Waals surface area (Å²) < 4.78 is 28.0. The molecule has 2 aromatic rings. The average Bonchev–Trinajstić information content (AvgIpc) is 2.60. The SMILES string of the molecule is C=C(Br)CN(CC=Cc1ccc(C(C)(C)C)cc1)S(=O)(=O)c1ccc(C)cc1. The Balaban J connectivity index is 2.19. The second-order valence-electron chi connectivity index (χ2n) is 7.90. The molecule has 0 saturated heterocycles. The Hall–Kier alpha value is -1.69. The minimum Gasteiger partial charge on any atom is -0.207 e. The first-order valence-electron chi connectivity index (χ1n) is 9.17. The molecule has 0 bridgehead atoms. The molecule has 150 valence electrons. The second kappa shape index (κ2) is 9.21. The number of aryl methyl sites for hydroxylation is 1. The van der Waals surface area contributed by atoms with Gasteiger partial charge in [-0.1, -0.05) is 97.4 Å². The van der Waals surface area contributed by atoms with E-state index in [0.717, 1.165) is 11.1 Å². The fourth-order valence-corrected chi connectivity index (χ4v) is 4.55. The minimum atomic E-state index is -3.60. The van der Waals surface area contributed by atoms with Gasteiger partial charge in [0, 0.05) is 17.6 Å². The molecule has 0 aliphatic rings. The molecule has 0 N–H and O–H groups in total. The molecule has 0 spiro atoms. The molecule has 0 aliphatic heterocycles. The number of halogens is 1. The molecular weight excluding hydrogens is 434 g/mol. The Kier molecular flexibility index (Phi) is 7.43. The van der Waals surface area contributed by atoms with Crippen molar-refractivity contribution in [2.45, 2.75) is 38.0 Å². The first-order chi connectivity index (χ1) is 13.0. The Morgan fingerprint density at radius 1 is 1.07 bits per heavy atom. The first kappa shape index (κ1) is 22.6. The third-order valence-electron chi connectivity index (χ3n) is 4.40. The predicted molar refractivity (Wildman–Crippen MR) is 122 cm³/mol. The molecule has 0 aliphatic carbocycles. The van der Waals surface area contributed by atoms with Gasteiger partial charge in [-0.2, -0.15) is 4.31 Å². The molecule has 0 amide bonds. The van der Waals surface area contributed by atoms with Gasteiger partial charge in [-0.3, -0.25) is 0 Å². The summed E-state index contributed by atoms with van der Waals surface area (Å²) in [5.74, 6) is 0. The van der Waals surface area contributed by atoms with Crippen LogP contribution in [0.3, 0.4) is 0 Å². The number of hydrogen-bond acceptors (Lipinski definition) is 2. The molecule has 0 aromatic heterocycles. The highest BCUT2D eigenvalue weighted by Crippen LogP contribution is 2.23. The normalized spacial score (nSPS) is 12.6. The van der Waals surface area contributed by atoms with Crippen LogP contribution >= 0.6 is 15.9 Å². The Morgan fingerprint density at radius 2 is 1.64 bits per heavy atom. The van der Waals surface area contributed by atoms with Crippen LogP contribution in [0.15, 0.2) is 70.6 Å². The quantitative estimate of drug-likeness (QED) is 0.513. The summed E-state index contributed by atoms with van der Waals surface area (Å²) >= 11 is 3.29. The van der Waals surface area contributed by atoms with E-state index in [9.17, 15) is 8.42 Å². The van der Waals surface area contributed by atoms with Crippen molar-refractivity contribution in [1.29, 1.82) is 0 Å². The van der Waals surface area contributed by atoms with Crippen LogP contribution in [-0.2, 0) is 15.4 Å². The number of rotatable bonds is 7. The predicted octanol–water partition coefficient (Wildman–Crippen LogP) is 5.91. The van der Waals surface area contributed by atoms with Gasteiger partial charge in [-0.15, -0.1) is 0 Å². The molecule has 0 saturated carbocycles. The van der Waals surface area contributed by atoms with Crippen molar-refractivity contribution >= 4 is 32.0 Å². The first-order valence-corrected chi connectivity index (χ1v) is 11.4. The van der Waals surface area contributed by atoms with E-state index >= 15 is 0 Å². The third-order valence-corrected chi connectivity index (χ3v) is 6.48. The molecular formula is C23H28BrNO2S. The van der Waals surface area contributed by atoms with Gasteiger partial charge in [-0.05, 0) is 35.6 Å². The summed E-state index contributed by atoms with van der Waals surface area (Å²) in [4.78, 5) is 0.287. The molecule has 28 heavy (non-hydrogen) atoms. The van der Waals surface area contributed by atoms with Crippen molar-refractivity contribution in [1.82, 2.24) is 4.31 Å². The lowest BCUT2D eigenvalue weighted by atomic mass is 9.87. The van der Waals surface area contributed by atoms with E-state index in [1.807, 2.05) is 19.1 Å². The van der Waals surface area contributed by atoms with Gasteiger partial charge < -0.3 is 0 Å². The highest BCUT2D eigenvalue weighted by atomic mass is 79.9. The maximum absolute atomic E-state index is 13.0. The van der Waals surface area contributed by atoms with Crippen LogP contribution in [0.1, 0.15) is 37.5 Å². The van der Waals surface area contributed by atoms with Crippen LogP contribution in [0.5, 0.6) is 0 Å². The van der Waals surface area contributed by atoms with E-state index in [0.29, 0.717) is 4.48 Å². The van der Waals surface area contributed by atoms with Crippen molar-refractivity contribution in [3.05, 3.63) is 82.4 Å². The molecule has 0 heterocycles. The van der Waals surface area contributed by atoms with Crippen LogP contribution in [0, 0.1) is 6.92 Å². The molecule has 0 radical (unpaired) electrons. The largest absolute Gasteiger partial charge is 0.243 e. The van der Waals surface area contributed by atoms with E-state index in [-0.39, 0.29) is 23.4 Å². The molecule has 0 fully saturated rings. The summed E-state index contributed by atoms with van der Waals surface area (Å²) in [6.07, 6.45) is 3.81. The van der Waals surface area contributed by atoms with Crippen molar-refractivity contribution in [2.24, 2.45) is 0 Å². The maximum atomic E-state index is 13.0. The van der Waals surface area contributed by atoms with Crippen LogP contribution in [-0.4, -0.2) is 25.8 Å². The third kappa shape index (κ3) is 6.16. The summed E-state index contributed by atoms with van der Waals surface area (Å²) in [6, 6.07) is 15.2. The summed E-state index contributed by atoms with van der Waals surface area (Å²) in [7, 11) is -3.60. The number of nitrogens with zero attached hydrogens (tertiary/aromatic N) is 1. The fraction of sp³-hybridized carbons (Fsp3) is 0.304. The van der Waals surface area contributed by atoms with Gasteiger partial charge in [0.15, 0.2) is 0 Å². The zero-order chi connectivity index (χ0) is 20.9. The van der Waals surface area contributed by atoms with Crippen LogP contribution in [0.25, 0.3) is 6.08 Å². The molecule has 5 heteroatoms. The van der Waals surface area contributed by atoms with Gasteiger partial charge in [0.05, 0.1) is 4.90 Å². The van der Waals surface area contributed by atoms with Gasteiger partial charge in [0.25, 0.3) is 0 Å². The highest BCUT2D eigenvalue weighted by molar-refractivity contribution is 9.11. The number of benzene rings is 2. The van der Waals surface area contributed by atoms with Gasteiger partial charge in [-0.25, -0.2) is 8.42 Å². The number of sulfonamides is 1. The standard InChI is InChI=1S/C23H28BrNO2S/c1-18-8-14-22(15-9-18)28(26,27)25(17-19(2)24)16-6-7-20-10-12-21(13-11-20)23(3,4)5/h6-15H,2,16-17H2,1,3-5H3. The average molecular weight is 462 g/mol. The highest BCUT2D eigenvalue weighted by Gasteiger charge is 2.23. The molecule has 0 atom stereocenters. The minimum absolute atomic E-state index is 0.109. The van der Waals surface area contributed by atoms with E-state index in [1.165, 1.54) is 9.87 Å². The van der Waals surface area contributed by atoms with Crippen molar-refractivity contribution in [3.8, 4) is 0 Å². The van der Waals surface area contributed by atoms with Crippen molar-refractivity contribution in [2.75, 3.05) is 13.1 Å². The Morgan fingerprint density at radius 3 is 2.14 bits per heavy atom. The molecule has 0 unspecified atom stereocenters. The summed E-state index contributed by atoms with van der Waals surface area (Å²) in [5.41, 5.74) is 3.44. The fourth-order valence-electron chi connectivity index (χ4n) is 2.70. The zero-order valence-electron chi connectivity index (χ0n) is 16.9. The van der Waals surface area contributed by atoms with Crippen LogP contribution in [0.2, 0.25) is 0 Å². The van der Waals surface area contributed by atoms with Gasteiger partial charge in [0.1, 0.15) is 0 Å². The topological polar surface area (TPSA) is 37.4 Å². The summed E-state index contributed by atoms with van der Waals surface area (Å²) in [5, 5.41) is 0. The lowest BCUT2D eigenvalue weighted by molar-refractivity contribution is 0.473. The van der Waals surface area contributed by atoms with E-state index in [1.54, 1.807) is 24.3 Å². The lowest BCUT2D eigenvalue weighted by Gasteiger charge is -2.20. The van der Waals surface area contributed by atoms with E-state index in [4.69, 9.17) is 0 Å². The maximum Gasteiger partial charge on any atom is 0.243 e. The molecule has 2 aromatic carbocycles. The molecule has 3 nitrogen and oxygen atoms in total. The van der Waals surface area contributed by atoms with Crippen LogP contribution in [0.4, 0.5) is 0 Å². The van der Waals surface area contributed by atoms with Crippen molar-refractivity contribution < 1.29 is 8.42 Å². The second-order valence-corrected chi connectivity index (χ2v) is 11.0. The van der Waals surface area contributed by atoms with Crippen LogP contribution < -0.4 is 0 Å². The number of hydrogen-bond donors (Lipinski definition) is 0. The Labute approximate surface area is 178 Å². The van der Waals surface area contributed by atoms with E-state index in [2.05, 4.69) is 67.5 Å². The van der Waals surface area contributed by atoms with Gasteiger partial charge >= 0.3 is 0 Å². The van der Waals surface area contributed by atoms with Crippen molar-refractivity contribution in [3.63, 3.8) is 0 Å². The van der Waals surface area contributed by atoms with Gasteiger partial charge in [0.2, 0.25) is 10.0 Å². The lowest BCUT2D eigenvalue weighted by Crippen LogP contribution is -2.32.